The second-order valence-corrected chi connectivity index (χ2v) is 5.42. The molecule has 0 fully saturated rings. The van der Waals surface area contributed by atoms with Crippen LogP contribution >= 0.6 is 0 Å². The topological polar surface area (TPSA) is 29.5 Å². The molecule has 0 aliphatic carbocycles. The van der Waals surface area contributed by atoms with Gasteiger partial charge in [-0.05, 0) is 68.8 Å². The average Bonchev–Trinajstić information content (AvgIpc) is 2.63. The quantitative estimate of drug-likeness (QED) is 0.515. The molecule has 0 saturated heterocycles. The van der Waals surface area contributed by atoms with Crippen molar-refractivity contribution in [3.05, 3.63) is 65.7 Å². The lowest BCUT2D eigenvalue weighted by Gasteiger charge is -2.20. The third kappa shape index (κ3) is 4.72. The highest BCUT2D eigenvalue weighted by molar-refractivity contribution is 6.06. The van der Waals surface area contributed by atoms with Crippen LogP contribution < -0.4 is 9.64 Å². The number of anilines is 1. The van der Waals surface area contributed by atoms with Crippen LogP contribution in [0.25, 0.3) is 6.08 Å². The van der Waals surface area contributed by atoms with E-state index in [0.29, 0.717) is 12.2 Å². The number of carbonyl (C=O) groups is 1. The molecular formula is C21H25NO2. The molecular weight excluding hydrogens is 298 g/mol. The molecule has 0 aliphatic heterocycles. The molecule has 0 saturated carbocycles. The maximum Gasteiger partial charge on any atom is 0.185 e. The van der Waals surface area contributed by atoms with E-state index < -0.39 is 0 Å². The Morgan fingerprint density at radius 3 is 2.12 bits per heavy atom. The molecule has 0 bridgehead atoms. The van der Waals surface area contributed by atoms with E-state index in [2.05, 4.69) is 30.9 Å². The first-order chi connectivity index (χ1) is 11.7. The SMILES string of the molecule is CCOc1ccc(C(=O)C=Cc2ccc(N(CC)CC)cc2)cc1. The summed E-state index contributed by atoms with van der Waals surface area (Å²) in [6.45, 7) is 8.83. The lowest BCUT2D eigenvalue weighted by molar-refractivity contribution is 0.104. The number of hydrogen-bond acceptors (Lipinski definition) is 3. The Hall–Kier alpha value is -2.55. The molecule has 2 aromatic carbocycles. The highest BCUT2D eigenvalue weighted by atomic mass is 16.5. The van der Waals surface area contributed by atoms with Crippen LogP contribution in [0.5, 0.6) is 5.75 Å². The fraction of sp³-hybridized carbons (Fsp3) is 0.286. The number of ketones is 1. The fourth-order valence-corrected chi connectivity index (χ4v) is 2.54. The Kier molecular flexibility index (Phi) is 6.62. The molecule has 0 N–H and O–H groups in total. The predicted molar refractivity (Wildman–Crippen MR) is 101 cm³/mol. The van der Waals surface area contributed by atoms with Crippen molar-refractivity contribution in [2.75, 3.05) is 24.6 Å². The van der Waals surface area contributed by atoms with Crippen molar-refractivity contribution in [1.82, 2.24) is 0 Å². The Balaban J connectivity index is 2.03. The molecule has 0 spiro atoms. The first-order valence-electron chi connectivity index (χ1n) is 8.48. The fourth-order valence-electron chi connectivity index (χ4n) is 2.54. The van der Waals surface area contributed by atoms with Crippen LogP contribution in [0.1, 0.15) is 36.7 Å². The summed E-state index contributed by atoms with van der Waals surface area (Å²) >= 11 is 0. The van der Waals surface area contributed by atoms with Crippen molar-refractivity contribution in [3.8, 4) is 5.75 Å². The number of hydrogen-bond donors (Lipinski definition) is 0. The van der Waals surface area contributed by atoms with Gasteiger partial charge in [-0.15, -0.1) is 0 Å². The summed E-state index contributed by atoms with van der Waals surface area (Å²) in [6.07, 6.45) is 3.47. The summed E-state index contributed by atoms with van der Waals surface area (Å²) in [6, 6.07) is 15.5. The molecule has 0 aliphatic rings. The average molecular weight is 323 g/mol. The minimum absolute atomic E-state index is 0.00846. The van der Waals surface area contributed by atoms with E-state index in [1.165, 1.54) is 5.69 Å². The minimum Gasteiger partial charge on any atom is -0.494 e. The standard InChI is InChI=1S/C21H25NO2/c1-4-22(5-2)19-12-7-17(8-13-19)9-16-21(23)18-10-14-20(15-11-18)24-6-3/h7-16H,4-6H2,1-3H3. The van der Waals surface area contributed by atoms with Crippen molar-refractivity contribution in [2.45, 2.75) is 20.8 Å². The zero-order valence-electron chi connectivity index (χ0n) is 14.7. The number of rotatable bonds is 8. The van der Waals surface area contributed by atoms with Gasteiger partial charge in [0.25, 0.3) is 0 Å². The van der Waals surface area contributed by atoms with Gasteiger partial charge in [0.05, 0.1) is 6.61 Å². The summed E-state index contributed by atoms with van der Waals surface area (Å²) in [5.74, 6) is 0.774. The summed E-state index contributed by atoms with van der Waals surface area (Å²) in [5, 5.41) is 0. The Morgan fingerprint density at radius 2 is 1.58 bits per heavy atom. The highest BCUT2D eigenvalue weighted by Crippen LogP contribution is 2.17. The number of ether oxygens (including phenoxy) is 1. The van der Waals surface area contributed by atoms with E-state index in [-0.39, 0.29) is 5.78 Å². The Labute approximate surface area is 144 Å². The van der Waals surface area contributed by atoms with Gasteiger partial charge < -0.3 is 9.64 Å². The van der Waals surface area contributed by atoms with Crippen LogP contribution in [0.2, 0.25) is 0 Å². The van der Waals surface area contributed by atoms with Crippen molar-refractivity contribution in [1.29, 1.82) is 0 Å². The van der Waals surface area contributed by atoms with Crippen LogP contribution in [0, 0.1) is 0 Å². The van der Waals surface area contributed by atoms with E-state index >= 15 is 0 Å². The summed E-state index contributed by atoms with van der Waals surface area (Å²) < 4.78 is 5.39. The minimum atomic E-state index is -0.00846. The lowest BCUT2D eigenvalue weighted by Crippen LogP contribution is -2.21. The van der Waals surface area contributed by atoms with E-state index in [1.54, 1.807) is 18.2 Å². The van der Waals surface area contributed by atoms with E-state index in [4.69, 9.17) is 4.74 Å². The Bertz CT molecular complexity index is 668. The smallest absolute Gasteiger partial charge is 0.185 e. The van der Waals surface area contributed by atoms with Crippen LogP contribution in [0.4, 0.5) is 5.69 Å². The van der Waals surface area contributed by atoms with Crippen molar-refractivity contribution < 1.29 is 9.53 Å². The lowest BCUT2D eigenvalue weighted by atomic mass is 10.1. The second-order valence-electron chi connectivity index (χ2n) is 5.42. The zero-order chi connectivity index (χ0) is 17.4. The van der Waals surface area contributed by atoms with Crippen LogP contribution in [-0.2, 0) is 0 Å². The van der Waals surface area contributed by atoms with E-state index in [0.717, 1.165) is 24.4 Å². The van der Waals surface area contributed by atoms with Gasteiger partial charge in [0.15, 0.2) is 5.78 Å². The van der Waals surface area contributed by atoms with Crippen molar-refractivity contribution in [3.63, 3.8) is 0 Å². The molecule has 3 nitrogen and oxygen atoms in total. The molecule has 0 amide bonds. The number of benzene rings is 2. The molecule has 126 valence electrons. The van der Waals surface area contributed by atoms with Crippen LogP contribution in [-0.4, -0.2) is 25.5 Å². The van der Waals surface area contributed by atoms with Gasteiger partial charge in [-0.25, -0.2) is 0 Å². The number of nitrogens with zero attached hydrogens (tertiary/aromatic N) is 1. The van der Waals surface area contributed by atoms with E-state index in [9.17, 15) is 4.79 Å². The van der Waals surface area contributed by atoms with Gasteiger partial charge in [-0.2, -0.15) is 0 Å². The highest BCUT2D eigenvalue weighted by Gasteiger charge is 2.03. The number of carbonyl (C=O) groups excluding carboxylic acids is 1. The van der Waals surface area contributed by atoms with Gasteiger partial charge >= 0.3 is 0 Å². The maximum absolute atomic E-state index is 12.2. The molecule has 0 heterocycles. The molecule has 0 radical (unpaired) electrons. The number of allylic oxidation sites excluding steroid dienone is 1. The first-order valence-corrected chi connectivity index (χ1v) is 8.48. The Morgan fingerprint density at radius 1 is 0.958 bits per heavy atom. The summed E-state index contributed by atoms with van der Waals surface area (Å²) in [4.78, 5) is 14.5. The van der Waals surface area contributed by atoms with Gasteiger partial charge in [-0.3, -0.25) is 4.79 Å². The monoisotopic (exact) mass is 323 g/mol. The molecule has 2 aromatic rings. The summed E-state index contributed by atoms with van der Waals surface area (Å²) in [5.41, 5.74) is 2.88. The molecule has 24 heavy (non-hydrogen) atoms. The third-order valence-corrected chi connectivity index (χ3v) is 3.90. The largest absolute Gasteiger partial charge is 0.494 e. The second kappa shape index (κ2) is 8.92. The molecule has 0 atom stereocenters. The van der Waals surface area contributed by atoms with Crippen molar-refractivity contribution >= 4 is 17.5 Å². The van der Waals surface area contributed by atoms with Gasteiger partial charge in [0, 0.05) is 24.3 Å². The van der Waals surface area contributed by atoms with Gasteiger partial charge in [0.2, 0.25) is 0 Å². The van der Waals surface area contributed by atoms with Gasteiger partial charge in [-0.1, -0.05) is 18.2 Å². The normalized spacial score (nSPS) is 10.8. The maximum atomic E-state index is 12.2. The first kappa shape index (κ1) is 17.8. The third-order valence-electron chi connectivity index (χ3n) is 3.90. The zero-order valence-corrected chi connectivity index (χ0v) is 14.7. The predicted octanol–water partition coefficient (Wildman–Crippen LogP) is 4.83. The molecule has 3 heteroatoms. The summed E-state index contributed by atoms with van der Waals surface area (Å²) in [7, 11) is 0. The van der Waals surface area contributed by atoms with Gasteiger partial charge in [0.1, 0.15) is 5.75 Å². The molecule has 2 rings (SSSR count). The molecule has 0 aromatic heterocycles. The van der Waals surface area contributed by atoms with E-state index in [1.807, 2.05) is 37.3 Å². The van der Waals surface area contributed by atoms with Crippen LogP contribution in [0.15, 0.2) is 54.6 Å². The van der Waals surface area contributed by atoms with Crippen molar-refractivity contribution in [2.24, 2.45) is 0 Å². The van der Waals surface area contributed by atoms with Crippen LogP contribution in [0.3, 0.4) is 0 Å². The molecule has 0 unspecified atom stereocenters.